The molecule has 0 aliphatic carbocycles. The second-order valence-electron chi connectivity index (χ2n) is 6.65. The zero-order valence-electron chi connectivity index (χ0n) is 13.9. The van der Waals surface area contributed by atoms with Crippen LogP contribution in [0.25, 0.3) is 0 Å². The molecule has 27 heavy (non-hydrogen) atoms. The molecule has 0 unspecified atom stereocenters. The fourth-order valence-corrected chi connectivity index (χ4v) is 3.90. The van der Waals surface area contributed by atoms with E-state index in [9.17, 15) is 26.7 Å². The van der Waals surface area contributed by atoms with Gasteiger partial charge in [0, 0.05) is 17.8 Å². The van der Waals surface area contributed by atoms with E-state index in [0.717, 1.165) is 0 Å². The van der Waals surface area contributed by atoms with E-state index in [2.05, 4.69) is 10.3 Å². The van der Waals surface area contributed by atoms with E-state index in [0.29, 0.717) is 42.2 Å². The maximum absolute atomic E-state index is 13.9. The first-order valence-electron chi connectivity index (χ1n) is 8.35. The number of alkyl halides is 3. The third kappa shape index (κ3) is 3.00. The van der Waals surface area contributed by atoms with Gasteiger partial charge in [-0.25, -0.2) is 14.2 Å². The van der Waals surface area contributed by atoms with E-state index in [1.165, 1.54) is 11.1 Å². The van der Waals surface area contributed by atoms with Gasteiger partial charge in [-0.1, -0.05) is 0 Å². The number of urea groups is 1. The first-order chi connectivity index (χ1) is 12.8. The second kappa shape index (κ2) is 6.17. The highest BCUT2D eigenvalue weighted by atomic mass is 19.4. The third-order valence-electron chi connectivity index (χ3n) is 5.11. The summed E-state index contributed by atoms with van der Waals surface area (Å²) in [5.41, 5.74) is -0.504. The molecule has 1 aromatic carbocycles. The molecular formula is C18H14F5N3O. The largest absolute Gasteiger partial charge is 0.416 e. The van der Waals surface area contributed by atoms with Crippen LogP contribution in [0, 0.1) is 11.8 Å². The van der Waals surface area contributed by atoms with E-state index < -0.39 is 41.3 Å². The fraction of sp³-hybridized carbons (Fsp3) is 0.333. The molecule has 4 rings (SSSR count). The normalized spacial score (nSPS) is 21.1. The summed E-state index contributed by atoms with van der Waals surface area (Å²) < 4.78 is 66.4. The number of rotatable bonds is 1. The minimum Gasteiger partial charge on any atom is -0.314 e. The molecule has 2 aliphatic heterocycles. The summed E-state index contributed by atoms with van der Waals surface area (Å²) in [5, 5.41) is 2.24. The number of anilines is 1. The lowest BCUT2D eigenvalue weighted by atomic mass is 9.95. The van der Waals surface area contributed by atoms with Gasteiger partial charge in [0.2, 0.25) is 5.95 Å². The zero-order chi connectivity index (χ0) is 19.3. The predicted octanol–water partition coefficient (Wildman–Crippen LogP) is 4.67. The number of amides is 2. The van der Waals surface area contributed by atoms with Gasteiger partial charge in [-0.3, -0.25) is 0 Å². The van der Waals surface area contributed by atoms with Crippen LogP contribution in [0.3, 0.4) is 0 Å². The lowest BCUT2D eigenvalue weighted by Crippen LogP contribution is -2.44. The number of benzene rings is 1. The van der Waals surface area contributed by atoms with Crippen LogP contribution in [0.15, 0.2) is 30.5 Å². The van der Waals surface area contributed by atoms with Gasteiger partial charge in [-0.2, -0.15) is 17.6 Å². The van der Waals surface area contributed by atoms with E-state index in [1.54, 1.807) is 6.07 Å². The summed E-state index contributed by atoms with van der Waals surface area (Å²) in [7, 11) is 0. The molecule has 2 atom stereocenters. The number of pyridine rings is 1. The molecule has 2 bridgehead atoms. The molecule has 2 aromatic rings. The quantitative estimate of drug-likeness (QED) is 0.575. The number of carbonyl (C=O) groups is 1. The highest BCUT2D eigenvalue weighted by molar-refractivity contribution is 5.90. The number of nitrogens with one attached hydrogen (secondary N) is 1. The number of hydrogen-bond donors (Lipinski definition) is 1. The van der Waals surface area contributed by atoms with E-state index >= 15 is 0 Å². The Bertz CT molecular complexity index is 914. The maximum atomic E-state index is 13.9. The van der Waals surface area contributed by atoms with Crippen LogP contribution in [0.2, 0.25) is 0 Å². The van der Waals surface area contributed by atoms with Crippen molar-refractivity contribution in [3.05, 3.63) is 58.9 Å². The lowest BCUT2D eigenvalue weighted by Gasteiger charge is -2.36. The zero-order valence-corrected chi connectivity index (χ0v) is 13.9. The number of aromatic nitrogens is 1. The summed E-state index contributed by atoms with van der Waals surface area (Å²) in [6.45, 7) is 0. The van der Waals surface area contributed by atoms with Crippen molar-refractivity contribution < 1.29 is 26.7 Å². The fourth-order valence-electron chi connectivity index (χ4n) is 3.90. The molecular weight excluding hydrogens is 369 g/mol. The van der Waals surface area contributed by atoms with Crippen molar-refractivity contribution in [2.45, 2.75) is 37.5 Å². The topological polar surface area (TPSA) is 45.2 Å². The van der Waals surface area contributed by atoms with Crippen LogP contribution < -0.4 is 5.32 Å². The number of nitrogens with zero attached hydrogens (tertiary/aromatic N) is 2. The maximum Gasteiger partial charge on any atom is 0.416 e. The Morgan fingerprint density at radius 2 is 1.96 bits per heavy atom. The third-order valence-corrected chi connectivity index (χ3v) is 5.11. The van der Waals surface area contributed by atoms with Gasteiger partial charge in [0.05, 0.1) is 17.3 Å². The first-order valence-corrected chi connectivity index (χ1v) is 8.35. The van der Waals surface area contributed by atoms with Crippen molar-refractivity contribution in [1.29, 1.82) is 0 Å². The van der Waals surface area contributed by atoms with Gasteiger partial charge in [0.1, 0.15) is 5.82 Å². The highest BCUT2D eigenvalue weighted by Gasteiger charge is 2.44. The highest BCUT2D eigenvalue weighted by Crippen LogP contribution is 2.44. The number of carbonyl (C=O) groups excluding carboxylic acids is 1. The van der Waals surface area contributed by atoms with Gasteiger partial charge < -0.3 is 10.2 Å². The molecule has 2 amide bonds. The Labute approximate surface area is 151 Å². The van der Waals surface area contributed by atoms with Crippen LogP contribution in [-0.4, -0.2) is 22.0 Å². The van der Waals surface area contributed by atoms with Crippen molar-refractivity contribution in [1.82, 2.24) is 9.88 Å². The SMILES string of the molecule is O=C(Nc1cc(C(F)(F)F)ccc1F)N1[C@H]2CC[C@@H]1c1ccnc(F)c1C2. The molecule has 1 fully saturated rings. The minimum absolute atomic E-state index is 0.268. The van der Waals surface area contributed by atoms with Gasteiger partial charge >= 0.3 is 12.2 Å². The van der Waals surface area contributed by atoms with Crippen molar-refractivity contribution in [3.63, 3.8) is 0 Å². The summed E-state index contributed by atoms with van der Waals surface area (Å²) in [4.78, 5) is 17.8. The summed E-state index contributed by atoms with van der Waals surface area (Å²) >= 11 is 0. The molecule has 0 radical (unpaired) electrons. The summed E-state index contributed by atoms with van der Waals surface area (Å²) in [6, 6.07) is 2.05. The average Bonchev–Trinajstić information content (AvgIpc) is 2.92. The molecule has 4 nitrogen and oxygen atoms in total. The van der Waals surface area contributed by atoms with Gasteiger partial charge in [-0.05, 0) is 49.1 Å². The van der Waals surface area contributed by atoms with Crippen LogP contribution in [0.4, 0.5) is 32.4 Å². The molecule has 9 heteroatoms. The van der Waals surface area contributed by atoms with Crippen LogP contribution in [-0.2, 0) is 12.6 Å². The average molecular weight is 383 g/mol. The van der Waals surface area contributed by atoms with Gasteiger partial charge in [0.25, 0.3) is 0 Å². The van der Waals surface area contributed by atoms with Crippen molar-refractivity contribution in [2.24, 2.45) is 0 Å². The van der Waals surface area contributed by atoms with Crippen LogP contribution in [0.5, 0.6) is 0 Å². The Morgan fingerprint density at radius 1 is 1.19 bits per heavy atom. The van der Waals surface area contributed by atoms with Crippen molar-refractivity contribution in [3.8, 4) is 0 Å². The molecule has 142 valence electrons. The summed E-state index contributed by atoms with van der Waals surface area (Å²) in [5.74, 6) is -1.54. The molecule has 0 spiro atoms. The predicted molar refractivity (Wildman–Crippen MR) is 85.9 cm³/mol. The molecule has 1 aromatic heterocycles. The Morgan fingerprint density at radius 3 is 2.70 bits per heavy atom. The molecule has 2 aliphatic rings. The second-order valence-corrected chi connectivity index (χ2v) is 6.65. The Hall–Kier alpha value is -2.71. The van der Waals surface area contributed by atoms with Gasteiger partial charge in [0.15, 0.2) is 0 Å². The van der Waals surface area contributed by atoms with E-state index in [-0.39, 0.29) is 12.5 Å². The molecule has 0 saturated carbocycles. The summed E-state index contributed by atoms with van der Waals surface area (Å²) in [6.07, 6.45) is -1.85. The molecule has 1 N–H and O–H groups in total. The smallest absolute Gasteiger partial charge is 0.314 e. The van der Waals surface area contributed by atoms with E-state index in [1.807, 2.05) is 0 Å². The van der Waals surface area contributed by atoms with Crippen LogP contribution in [0.1, 0.15) is 35.6 Å². The van der Waals surface area contributed by atoms with Gasteiger partial charge in [-0.15, -0.1) is 0 Å². The Balaban J connectivity index is 1.62. The number of hydrogen-bond acceptors (Lipinski definition) is 2. The Kier molecular flexibility index (Phi) is 4.05. The van der Waals surface area contributed by atoms with Crippen molar-refractivity contribution in [2.75, 3.05) is 5.32 Å². The minimum atomic E-state index is -4.65. The van der Waals surface area contributed by atoms with Crippen molar-refractivity contribution >= 4 is 11.7 Å². The monoisotopic (exact) mass is 383 g/mol. The molecule has 1 saturated heterocycles. The van der Waals surface area contributed by atoms with Crippen LogP contribution >= 0.6 is 0 Å². The lowest BCUT2D eigenvalue weighted by molar-refractivity contribution is -0.137. The molecule has 3 heterocycles. The number of fused-ring (bicyclic) bond motifs is 4. The standard InChI is InChI=1S/C18H14F5N3O/c19-13-3-1-9(18(21,22)23)7-14(13)25-17(27)26-10-2-4-15(26)11-5-6-24-16(20)12(11)8-10/h1,3,5-7,10,15H,2,4,8H2,(H,25,27)/t10-,15+/m0/s1. The first kappa shape index (κ1) is 17.7. The van der Waals surface area contributed by atoms with E-state index in [4.69, 9.17) is 0 Å². The number of halogens is 5.